The van der Waals surface area contributed by atoms with Crippen molar-refractivity contribution in [2.45, 2.75) is 6.92 Å². The van der Waals surface area contributed by atoms with Crippen LogP contribution in [0.1, 0.15) is 5.69 Å². The maximum absolute atomic E-state index is 12.9. The Hall–Kier alpha value is -3.05. The molecule has 0 radical (unpaired) electrons. The van der Waals surface area contributed by atoms with Gasteiger partial charge in [0.2, 0.25) is 0 Å². The SMILES string of the molecule is Cc1[nH]cc2c(=O)n(-c3ccc(Cl)cc3)nc-2c1-c1cccc(N(C)C)c1. The predicted molar refractivity (Wildman–Crippen MR) is 110 cm³/mol. The number of aryl methyl sites for hydroxylation is 1. The highest BCUT2D eigenvalue weighted by Crippen LogP contribution is 2.34. The van der Waals surface area contributed by atoms with Crippen molar-refractivity contribution < 1.29 is 0 Å². The Balaban J connectivity index is 1.96. The largest absolute Gasteiger partial charge is 0.378 e. The number of hydrogen-bond donors (Lipinski definition) is 1. The van der Waals surface area contributed by atoms with Crippen molar-refractivity contribution in [3.05, 3.63) is 75.8 Å². The monoisotopic (exact) mass is 378 g/mol. The normalized spacial score (nSPS) is 11.1. The van der Waals surface area contributed by atoms with E-state index in [9.17, 15) is 4.79 Å². The highest BCUT2D eigenvalue weighted by molar-refractivity contribution is 6.30. The number of aromatic nitrogens is 3. The fourth-order valence-corrected chi connectivity index (χ4v) is 3.34. The maximum atomic E-state index is 12.9. The number of nitrogens with zero attached hydrogens (tertiary/aromatic N) is 3. The number of H-pyrrole nitrogens is 1. The molecule has 0 unspecified atom stereocenters. The third kappa shape index (κ3) is 3.00. The van der Waals surface area contributed by atoms with E-state index in [2.05, 4.69) is 16.1 Å². The summed E-state index contributed by atoms with van der Waals surface area (Å²) < 4.78 is 1.42. The average molecular weight is 379 g/mol. The number of hydrogen-bond acceptors (Lipinski definition) is 3. The maximum Gasteiger partial charge on any atom is 0.282 e. The van der Waals surface area contributed by atoms with Gasteiger partial charge in [-0.05, 0) is 48.9 Å². The van der Waals surface area contributed by atoms with E-state index in [4.69, 9.17) is 11.6 Å². The molecule has 0 bridgehead atoms. The van der Waals surface area contributed by atoms with Gasteiger partial charge in [-0.25, -0.2) is 0 Å². The molecule has 0 saturated heterocycles. The van der Waals surface area contributed by atoms with Crippen LogP contribution in [-0.2, 0) is 0 Å². The van der Waals surface area contributed by atoms with Crippen LogP contribution in [-0.4, -0.2) is 28.9 Å². The molecule has 0 aromatic heterocycles. The van der Waals surface area contributed by atoms with Crippen LogP contribution in [0.25, 0.3) is 28.1 Å². The van der Waals surface area contributed by atoms with Gasteiger partial charge in [0.1, 0.15) is 5.69 Å². The molecule has 2 aliphatic heterocycles. The van der Waals surface area contributed by atoms with Crippen LogP contribution in [0.3, 0.4) is 0 Å². The molecule has 1 N–H and O–H groups in total. The molecule has 0 atom stereocenters. The van der Waals surface area contributed by atoms with Crippen molar-refractivity contribution in [3.8, 4) is 28.1 Å². The predicted octanol–water partition coefficient (Wildman–Crippen LogP) is 4.36. The lowest BCUT2D eigenvalue weighted by molar-refractivity contribution is 0.858. The molecule has 5 nitrogen and oxygen atoms in total. The Bertz CT molecular complexity index is 1140. The molecule has 136 valence electrons. The summed E-state index contributed by atoms with van der Waals surface area (Å²) in [5, 5.41) is 5.27. The minimum absolute atomic E-state index is 0.159. The van der Waals surface area contributed by atoms with E-state index in [1.807, 2.05) is 44.1 Å². The van der Waals surface area contributed by atoms with Gasteiger partial charge in [-0.2, -0.15) is 9.78 Å². The van der Waals surface area contributed by atoms with Crippen molar-refractivity contribution in [2.24, 2.45) is 0 Å². The van der Waals surface area contributed by atoms with Crippen molar-refractivity contribution in [1.82, 2.24) is 14.8 Å². The van der Waals surface area contributed by atoms with E-state index in [0.717, 1.165) is 22.5 Å². The summed E-state index contributed by atoms with van der Waals surface area (Å²) in [4.78, 5) is 18.2. The van der Waals surface area contributed by atoms with Crippen molar-refractivity contribution in [1.29, 1.82) is 0 Å². The first-order valence-electron chi connectivity index (χ1n) is 8.60. The number of halogens is 1. The van der Waals surface area contributed by atoms with Crippen molar-refractivity contribution >= 4 is 17.3 Å². The summed E-state index contributed by atoms with van der Waals surface area (Å²) >= 11 is 5.97. The molecule has 0 spiro atoms. The first-order valence-corrected chi connectivity index (χ1v) is 8.98. The molecule has 0 amide bonds. The number of fused-ring (bicyclic) bond motifs is 1. The Morgan fingerprint density at radius 1 is 1.11 bits per heavy atom. The summed E-state index contributed by atoms with van der Waals surface area (Å²) in [7, 11) is 4.01. The third-order valence-electron chi connectivity index (χ3n) is 4.65. The number of nitrogens with one attached hydrogen (secondary N) is 1. The highest BCUT2D eigenvalue weighted by Gasteiger charge is 2.22. The van der Waals surface area contributed by atoms with Gasteiger partial charge in [0, 0.05) is 42.3 Å². The molecule has 2 aromatic carbocycles. The molecular weight excluding hydrogens is 360 g/mol. The van der Waals surface area contributed by atoms with Crippen LogP contribution < -0.4 is 10.5 Å². The van der Waals surface area contributed by atoms with Crippen LogP contribution in [0.15, 0.2) is 59.5 Å². The third-order valence-corrected chi connectivity index (χ3v) is 4.90. The summed E-state index contributed by atoms with van der Waals surface area (Å²) in [6.07, 6.45) is 1.73. The average Bonchev–Trinajstić information content (AvgIpc) is 2.99. The molecule has 2 aliphatic rings. The molecule has 2 heterocycles. The Kier molecular flexibility index (Phi) is 4.24. The van der Waals surface area contributed by atoms with Gasteiger partial charge in [-0.3, -0.25) is 4.79 Å². The summed E-state index contributed by atoms with van der Waals surface area (Å²) in [6.45, 7) is 1.99. The lowest BCUT2D eigenvalue weighted by Crippen LogP contribution is -2.14. The molecule has 27 heavy (non-hydrogen) atoms. The fourth-order valence-electron chi connectivity index (χ4n) is 3.21. The van der Waals surface area contributed by atoms with Crippen LogP contribution in [0.2, 0.25) is 5.02 Å². The second kappa shape index (κ2) is 6.59. The molecule has 0 saturated carbocycles. The van der Waals surface area contributed by atoms with Gasteiger partial charge >= 0.3 is 0 Å². The molecule has 6 heteroatoms. The Morgan fingerprint density at radius 3 is 2.56 bits per heavy atom. The van der Waals surface area contributed by atoms with Crippen molar-refractivity contribution in [3.63, 3.8) is 0 Å². The van der Waals surface area contributed by atoms with E-state index < -0.39 is 0 Å². The molecule has 2 aromatic rings. The number of aromatic amines is 1. The smallest absolute Gasteiger partial charge is 0.282 e. The first kappa shape index (κ1) is 17.4. The Morgan fingerprint density at radius 2 is 1.85 bits per heavy atom. The molecule has 0 aliphatic carbocycles. The first-order chi connectivity index (χ1) is 13.0. The van der Waals surface area contributed by atoms with Gasteiger partial charge in [0.25, 0.3) is 5.56 Å². The van der Waals surface area contributed by atoms with E-state index in [1.165, 1.54) is 4.68 Å². The highest BCUT2D eigenvalue weighted by atomic mass is 35.5. The number of rotatable bonds is 3. The van der Waals surface area contributed by atoms with Crippen molar-refractivity contribution in [2.75, 3.05) is 19.0 Å². The second-order valence-corrected chi connectivity index (χ2v) is 7.13. The van der Waals surface area contributed by atoms with E-state index >= 15 is 0 Å². The zero-order chi connectivity index (χ0) is 19.1. The van der Waals surface area contributed by atoms with Crippen LogP contribution in [0, 0.1) is 6.92 Å². The summed E-state index contributed by atoms with van der Waals surface area (Å²) in [5.41, 5.74) is 5.76. The number of pyridine rings is 1. The van der Waals surface area contributed by atoms with E-state index in [-0.39, 0.29) is 5.56 Å². The quantitative estimate of drug-likeness (QED) is 0.576. The standard InChI is InChI=1S/C21H19ClN4O/c1-13-19(14-5-4-6-17(11-14)25(2)3)20-18(12-23-13)21(27)26(24-20)16-9-7-15(22)8-10-16/h4-12,23H,1-3H3. The number of anilines is 1. The van der Waals surface area contributed by atoms with Gasteiger partial charge in [0.15, 0.2) is 0 Å². The summed E-state index contributed by atoms with van der Waals surface area (Å²) in [6, 6.07) is 15.3. The zero-order valence-corrected chi connectivity index (χ0v) is 16.1. The molecular formula is C21H19ClN4O. The van der Waals surface area contributed by atoms with E-state index in [1.54, 1.807) is 30.5 Å². The lowest BCUT2D eigenvalue weighted by Gasteiger charge is -2.15. The van der Waals surface area contributed by atoms with Gasteiger partial charge < -0.3 is 9.88 Å². The van der Waals surface area contributed by atoms with Crippen LogP contribution in [0.4, 0.5) is 5.69 Å². The van der Waals surface area contributed by atoms with E-state index in [0.29, 0.717) is 22.0 Å². The van der Waals surface area contributed by atoms with Crippen LogP contribution in [0.5, 0.6) is 0 Å². The lowest BCUT2D eigenvalue weighted by atomic mass is 9.98. The fraction of sp³-hybridized carbons (Fsp3) is 0.143. The summed E-state index contributed by atoms with van der Waals surface area (Å²) in [5.74, 6) is 0. The van der Waals surface area contributed by atoms with Gasteiger partial charge in [-0.1, -0.05) is 23.7 Å². The van der Waals surface area contributed by atoms with Gasteiger partial charge in [0.05, 0.1) is 11.3 Å². The number of benzene rings is 2. The zero-order valence-electron chi connectivity index (χ0n) is 15.3. The topological polar surface area (TPSA) is 53.9 Å². The minimum atomic E-state index is -0.159. The second-order valence-electron chi connectivity index (χ2n) is 6.69. The molecule has 4 rings (SSSR count). The molecule has 0 fully saturated rings. The minimum Gasteiger partial charge on any atom is -0.378 e. The van der Waals surface area contributed by atoms with Crippen LogP contribution >= 0.6 is 11.6 Å². The van der Waals surface area contributed by atoms with Gasteiger partial charge in [-0.15, -0.1) is 0 Å². The Labute approximate surface area is 162 Å².